The molecule has 0 saturated carbocycles. The van der Waals surface area contributed by atoms with Crippen molar-refractivity contribution < 1.29 is 13.2 Å². The number of halogens is 4. The molecule has 0 spiro atoms. The molecular formula is C8H6BrF3N2. The lowest BCUT2D eigenvalue weighted by Gasteiger charge is -2.08. The first-order valence-electron chi connectivity index (χ1n) is 3.61. The number of aliphatic imine (C=N–C) groups is 1. The molecule has 0 aromatic carbocycles. The summed E-state index contributed by atoms with van der Waals surface area (Å²) in [6.45, 7) is 0. The van der Waals surface area contributed by atoms with Crippen LogP contribution in [0.15, 0.2) is 27.8 Å². The first kappa shape index (κ1) is 11.2. The van der Waals surface area contributed by atoms with E-state index >= 15 is 0 Å². The van der Waals surface area contributed by atoms with Crippen LogP contribution in [0.5, 0.6) is 0 Å². The third-order valence-corrected chi connectivity index (χ3v) is 1.93. The fourth-order valence-electron chi connectivity index (χ4n) is 0.902. The largest absolute Gasteiger partial charge is 0.435 e. The zero-order valence-electron chi connectivity index (χ0n) is 7.14. The van der Waals surface area contributed by atoms with Crippen molar-refractivity contribution in [1.29, 1.82) is 0 Å². The number of nitrogens with zero attached hydrogens (tertiary/aromatic N) is 2. The molecule has 14 heavy (non-hydrogen) atoms. The SMILES string of the molecule is C/N=C(\c1ccc(Br)cn1)C(F)(F)F. The summed E-state index contributed by atoms with van der Waals surface area (Å²) in [7, 11) is 1.09. The van der Waals surface area contributed by atoms with E-state index in [4.69, 9.17) is 0 Å². The van der Waals surface area contributed by atoms with Crippen LogP contribution >= 0.6 is 15.9 Å². The molecule has 0 radical (unpaired) electrons. The minimum absolute atomic E-state index is 0.178. The van der Waals surface area contributed by atoms with Gasteiger partial charge in [-0.3, -0.25) is 9.98 Å². The second kappa shape index (κ2) is 4.08. The molecule has 0 amide bonds. The second-order valence-electron chi connectivity index (χ2n) is 2.43. The van der Waals surface area contributed by atoms with Gasteiger partial charge in [-0.05, 0) is 28.1 Å². The highest BCUT2D eigenvalue weighted by Crippen LogP contribution is 2.21. The van der Waals surface area contributed by atoms with Gasteiger partial charge in [-0.1, -0.05) is 0 Å². The molecule has 0 aliphatic rings. The van der Waals surface area contributed by atoms with Gasteiger partial charge in [0, 0.05) is 17.7 Å². The summed E-state index contributed by atoms with van der Waals surface area (Å²) in [4.78, 5) is 6.79. The Bertz CT molecular complexity index is 343. The van der Waals surface area contributed by atoms with Crippen molar-refractivity contribution in [2.75, 3.05) is 7.05 Å². The standard InChI is InChI=1S/C8H6BrF3N2/c1-13-7(8(10,11)12)6-3-2-5(9)4-14-6/h2-4H,1H3/b13-7+. The van der Waals surface area contributed by atoms with Crippen LogP contribution in [-0.2, 0) is 0 Å². The quantitative estimate of drug-likeness (QED) is 0.718. The van der Waals surface area contributed by atoms with Gasteiger partial charge in [0.05, 0.1) is 5.69 Å². The predicted molar refractivity (Wildman–Crippen MR) is 50.5 cm³/mol. The normalized spacial score (nSPS) is 13.1. The van der Waals surface area contributed by atoms with Crippen molar-refractivity contribution in [3.63, 3.8) is 0 Å². The van der Waals surface area contributed by atoms with Crippen LogP contribution in [0.1, 0.15) is 5.69 Å². The lowest BCUT2D eigenvalue weighted by Crippen LogP contribution is -2.24. The van der Waals surface area contributed by atoms with Gasteiger partial charge in [0.15, 0.2) is 5.71 Å². The van der Waals surface area contributed by atoms with E-state index in [1.165, 1.54) is 18.3 Å². The van der Waals surface area contributed by atoms with Gasteiger partial charge >= 0.3 is 6.18 Å². The highest BCUT2D eigenvalue weighted by atomic mass is 79.9. The Morgan fingerprint density at radius 3 is 2.43 bits per heavy atom. The van der Waals surface area contributed by atoms with Crippen LogP contribution in [0.3, 0.4) is 0 Å². The van der Waals surface area contributed by atoms with Crippen LogP contribution < -0.4 is 0 Å². The third kappa shape index (κ3) is 2.54. The smallest absolute Gasteiger partial charge is 0.282 e. The fraction of sp³-hybridized carbons (Fsp3) is 0.250. The molecule has 0 N–H and O–H groups in total. The minimum atomic E-state index is -4.46. The van der Waals surface area contributed by atoms with Crippen molar-refractivity contribution in [3.8, 4) is 0 Å². The summed E-state index contributed by atoms with van der Waals surface area (Å²) < 4.78 is 37.6. The lowest BCUT2D eigenvalue weighted by molar-refractivity contribution is -0.0582. The Hall–Kier alpha value is -0.910. The summed E-state index contributed by atoms with van der Waals surface area (Å²) in [6, 6.07) is 2.75. The molecule has 1 heterocycles. The van der Waals surface area contributed by atoms with E-state index in [1.54, 1.807) is 0 Å². The molecule has 0 bridgehead atoms. The van der Waals surface area contributed by atoms with Crippen LogP contribution in [0.25, 0.3) is 0 Å². The van der Waals surface area contributed by atoms with Crippen LogP contribution in [0.4, 0.5) is 13.2 Å². The summed E-state index contributed by atoms with van der Waals surface area (Å²) in [6.07, 6.45) is -3.16. The van der Waals surface area contributed by atoms with Crippen LogP contribution in [-0.4, -0.2) is 23.9 Å². The molecule has 0 unspecified atom stereocenters. The molecule has 0 aliphatic carbocycles. The number of alkyl halides is 3. The highest BCUT2D eigenvalue weighted by molar-refractivity contribution is 9.10. The Morgan fingerprint density at radius 1 is 1.43 bits per heavy atom. The molecule has 0 atom stereocenters. The van der Waals surface area contributed by atoms with E-state index in [9.17, 15) is 13.2 Å². The second-order valence-corrected chi connectivity index (χ2v) is 3.35. The number of rotatable bonds is 1. The average molecular weight is 267 g/mol. The molecule has 76 valence electrons. The van der Waals surface area contributed by atoms with Gasteiger partial charge in [0.1, 0.15) is 0 Å². The summed E-state index contributed by atoms with van der Waals surface area (Å²) in [5.41, 5.74) is -1.15. The molecule has 6 heteroatoms. The van der Waals surface area contributed by atoms with Crippen molar-refractivity contribution in [1.82, 2.24) is 4.98 Å². The zero-order valence-corrected chi connectivity index (χ0v) is 8.72. The van der Waals surface area contributed by atoms with Crippen LogP contribution in [0, 0.1) is 0 Å². The molecule has 1 aromatic heterocycles. The van der Waals surface area contributed by atoms with E-state index in [1.807, 2.05) is 0 Å². The number of hydrogen-bond acceptors (Lipinski definition) is 2. The van der Waals surface area contributed by atoms with Gasteiger partial charge < -0.3 is 0 Å². The molecule has 1 aromatic rings. The minimum Gasteiger partial charge on any atom is -0.282 e. The lowest BCUT2D eigenvalue weighted by atomic mass is 10.2. The Balaban J connectivity index is 3.10. The maximum absolute atomic E-state index is 12.3. The maximum atomic E-state index is 12.3. The van der Waals surface area contributed by atoms with Gasteiger partial charge in [0.25, 0.3) is 0 Å². The van der Waals surface area contributed by atoms with Crippen LogP contribution in [0.2, 0.25) is 0 Å². The molecule has 0 aliphatic heterocycles. The van der Waals surface area contributed by atoms with Gasteiger partial charge in [-0.2, -0.15) is 13.2 Å². The topological polar surface area (TPSA) is 25.2 Å². The molecule has 0 fully saturated rings. The van der Waals surface area contributed by atoms with E-state index in [-0.39, 0.29) is 5.69 Å². The Morgan fingerprint density at radius 2 is 2.07 bits per heavy atom. The van der Waals surface area contributed by atoms with E-state index in [2.05, 4.69) is 25.9 Å². The van der Waals surface area contributed by atoms with E-state index in [0.29, 0.717) is 4.47 Å². The van der Waals surface area contributed by atoms with Gasteiger partial charge in [0.2, 0.25) is 0 Å². The fourth-order valence-corrected chi connectivity index (χ4v) is 1.14. The average Bonchev–Trinajstić information content (AvgIpc) is 2.07. The molecular weight excluding hydrogens is 261 g/mol. The summed E-state index contributed by atoms with van der Waals surface area (Å²) in [5.74, 6) is 0. The summed E-state index contributed by atoms with van der Waals surface area (Å²) >= 11 is 3.08. The van der Waals surface area contributed by atoms with Crippen molar-refractivity contribution in [2.45, 2.75) is 6.18 Å². The monoisotopic (exact) mass is 266 g/mol. The molecule has 1 rings (SSSR count). The van der Waals surface area contributed by atoms with Crippen molar-refractivity contribution in [3.05, 3.63) is 28.5 Å². The number of hydrogen-bond donors (Lipinski definition) is 0. The third-order valence-electron chi connectivity index (χ3n) is 1.46. The van der Waals surface area contributed by atoms with E-state index in [0.717, 1.165) is 7.05 Å². The maximum Gasteiger partial charge on any atom is 0.435 e. The number of aromatic nitrogens is 1. The van der Waals surface area contributed by atoms with Gasteiger partial charge in [-0.25, -0.2) is 0 Å². The van der Waals surface area contributed by atoms with E-state index < -0.39 is 11.9 Å². The summed E-state index contributed by atoms with van der Waals surface area (Å²) in [5, 5.41) is 0. The number of pyridine rings is 1. The van der Waals surface area contributed by atoms with Crippen molar-refractivity contribution in [2.24, 2.45) is 4.99 Å². The predicted octanol–water partition coefficient (Wildman–Crippen LogP) is 2.83. The van der Waals surface area contributed by atoms with Crippen molar-refractivity contribution >= 4 is 21.6 Å². The van der Waals surface area contributed by atoms with Gasteiger partial charge in [-0.15, -0.1) is 0 Å². The Labute approximate surface area is 87.0 Å². The molecule has 2 nitrogen and oxygen atoms in total. The first-order chi connectivity index (χ1) is 6.45. The molecule has 0 saturated heterocycles. The zero-order chi connectivity index (χ0) is 10.8. The first-order valence-corrected chi connectivity index (χ1v) is 4.40. The Kier molecular flexibility index (Phi) is 3.25. The highest BCUT2D eigenvalue weighted by Gasteiger charge is 2.36.